The highest BCUT2D eigenvalue weighted by molar-refractivity contribution is 9.10. The van der Waals surface area contributed by atoms with E-state index in [-0.39, 0.29) is 6.42 Å². The van der Waals surface area contributed by atoms with Crippen molar-refractivity contribution in [3.05, 3.63) is 39.3 Å². The molecule has 0 aliphatic carbocycles. The average molecular weight is 338 g/mol. The summed E-state index contributed by atoms with van der Waals surface area (Å²) in [5.41, 5.74) is 1.85. The molecule has 1 aromatic carbocycles. The molecule has 0 bridgehead atoms. The summed E-state index contributed by atoms with van der Waals surface area (Å²) in [5.74, 6) is -0.906. The van der Waals surface area contributed by atoms with E-state index in [9.17, 15) is 4.79 Å². The summed E-state index contributed by atoms with van der Waals surface area (Å²) >= 11 is 4.70. The summed E-state index contributed by atoms with van der Waals surface area (Å²) in [7, 11) is 0. The number of thiazole rings is 1. The predicted octanol–water partition coefficient (Wildman–Crippen LogP) is 3.15. The van der Waals surface area contributed by atoms with Crippen LogP contribution in [0.25, 0.3) is 0 Å². The largest absolute Gasteiger partial charge is 0.481 e. The van der Waals surface area contributed by atoms with Gasteiger partial charge in [-0.15, -0.1) is 11.3 Å². The first-order chi connectivity index (χ1) is 9.08. The number of rotatable bonds is 4. The van der Waals surface area contributed by atoms with Crippen molar-refractivity contribution >= 4 is 44.1 Å². The minimum Gasteiger partial charge on any atom is -0.481 e. The molecule has 5 nitrogen and oxygen atoms in total. The molecule has 0 saturated carbocycles. The molecule has 7 heteroatoms. The Morgan fingerprint density at radius 2 is 2.37 bits per heavy atom. The maximum absolute atomic E-state index is 10.6. The number of nitrogens with zero attached hydrogens (tertiary/aromatic N) is 2. The number of halogens is 1. The number of hydrogen-bond donors (Lipinski definition) is 2. The number of aromatic nitrogens is 1. The van der Waals surface area contributed by atoms with E-state index in [0.717, 1.165) is 10.2 Å². The summed E-state index contributed by atoms with van der Waals surface area (Å²) in [6.45, 7) is 0. The van der Waals surface area contributed by atoms with Crippen LogP contribution in [0.1, 0.15) is 11.3 Å². The second kappa shape index (κ2) is 5.82. The first-order valence-corrected chi connectivity index (χ1v) is 6.88. The second-order valence-electron chi connectivity index (χ2n) is 3.65. The number of nitrogens with one attached hydrogen (secondary N) is 1. The topological polar surface area (TPSA) is 86.0 Å². The monoisotopic (exact) mass is 337 g/mol. The Morgan fingerprint density at radius 1 is 1.58 bits per heavy atom. The van der Waals surface area contributed by atoms with Gasteiger partial charge in [-0.2, -0.15) is 5.26 Å². The molecule has 1 heterocycles. The lowest BCUT2D eigenvalue weighted by Gasteiger charge is -2.05. The number of aliphatic carboxylic acids is 1. The standard InChI is InChI=1S/C12H8BrN3O2S/c13-9-3-7(5-14)1-2-10(9)16-12-15-8(6-19-12)4-11(17)18/h1-3,6H,4H2,(H,15,16)(H,17,18). The Balaban J connectivity index is 2.15. The van der Waals surface area contributed by atoms with Crippen molar-refractivity contribution < 1.29 is 9.90 Å². The predicted molar refractivity (Wildman–Crippen MR) is 75.6 cm³/mol. The number of carbonyl (C=O) groups is 1. The van der Waals surface area contributed by atoms with Gasteiger partial charge >= 0.3 is 5.97 Å². The highest BCUT2D eigenvalue weighted by atomic mass is 79.9. The smallest absolute Gasteiger partial charge is 0.309 e. The molecule has 0 aliphatic rings. The molecule has 0 aliphatic heterocycles. The fourth-order valence-corrected chi connectivity index (χ4v) is 2.60. The lowest BCUT2D eigenvalue weighted by Crippen LogP contribution is -2.00. The van der Waals surface area contributed by atoms with Crippen molar-refractivity contribution in [3.63, 3.8) is 0 Å². The minimum absolute atomic E-state index is 0.0906. The van der Waals surface area contributed by atoms with Crippen LogP contribution in [0.15, 0.2) is 28.1 Å². The average Bonchev–Trinajstić information content (AvgIpc) is 2.78. The van der Waals surface area contributed by atoms with E-state index in [2.05, 4.69) is 26.2 Å². The third-order valence-corrected chi connectivity index (χ3v) is 3.69. The Labute approximate surface area is 121 Å². The quantitative estimate of drug-likeness (QED) is 0.894. The van der Waals surface area contributed by atoms with E-state index in [1.807, 2.05) is 6.07 Å². The van der Waals surface area contributed by atoms with Crippen molar-refractivity contribution in [2.45, 2.75) is 6.42 Å². The zero-order valence-electron chi connectivity index (χ0n) is 9.55. The van der Waals surface area contributed by atoms with Crippen LogP contribution < -0.4 is 5.32 Å². The molecule has 0 atom stereocenters. The summed E-state index contributed by atoms with van der Waals surface area (Å²) in [5, 5.41) is 22.8. The zero-order valence-corrected chi connectivity index (χ0v) is 12.0. The highest BCUT2D eigenvalue weighted by Gasteiger charge is 2.08. The number of hydrogen-bond acceptors (Lipinski definition) is 5. The van der Waals surface area contributed by atoms with Gasteiger partial charge in [0.1, 0.15) is 0 Å². The van der Waals surface area contributed by atoms with Gasteiger partial charge in [0.25, 0.3) is 0 Å². The first-order valence-electron chi connectivity index (χ1n) is 5.21. The third kappa shape index (κ3) is 3.53. The van der Waals surface area contributed by atoms with Crippen LogP contribution in [0.2, 0.25) is 0 Å². The van der Waals surface area contributed by atoms with Crippen LogP contribution in [0, 0.1) is 11.3 Å². The summed E-state index contributed by atoms with van der Waals surface area (Å²) in [6.07, 6.45) is -0.0906. The normalized spacial score (nSPS) is 9.89. The summed E-state index contributed by atoms with van der Waals surface area (Å²) < 4.78 is 0.751. The Hall–Kier alpha value is -1.91. The van der Waals surface area contributed by atoms with Gasteiger partial charge in [-0.05, 0) is 34.1 Å². The second-order valence-corrected chi connectivity index (χ2v) is 5.36. The molecule has 0 radical (unpaired) electrons. The van der Waals surface area contributed by atoms with Crippen molar-refractivity contribution in [3.8, 4) is 6.07 Å². The number of carboxylic acid groups (broad SMARTS) is 1. The summed E-state index contributed by atoms with van der Waals surface area (Å²) in [6, 6.07) is 7.21. The van der Waals surface area contributed by atoms with Crippen molar-refractivity contribution in [1.29, 1.82) is 5.26 Å². The molecule has 2 N–H and O–H groups in total. The fraction of sp³-hybridized carbons (Fsp3) is 0.0833. The molecule has 1 aromatic heterocycles. The number of anilines is 2. The van der Waals surface area contributed by atoms with E-state index in [1.165, 1.54) is 11.3 Å². The van der Waals surface area contributed by atoms with Crippen LogP contribution in [0.3, 0.4) is 0 Å². The van der Waals surface area contributed by atoms with Gasteiger partial charge in [0.2, 0.25) is 0 Å². The SMILES string of the molecule is N#Cc1ccc(Nc2nc(CC(=O)O)cs2)c(Br)c1. The van der Waals surface area contributed by atoms with Crippen LogP contribution in [-0.2, 0) is 11.2 Å². The lowest BCUT2D eigenvalue weighted by atomic mass is 10.2. The molecule has 0 spiro atoms. The van der Waals surface area contributed by atoms with E-state index in [0.29, 0.717) is 16.4 Å². The van der Waals surface area contributed by atoms with Crippen molar-refractivity contribution in [2.24, 2.45) is 0 Å². The maximum atomic E-state index is 10.6. The van der Waals surface area contributed by atoms with Crippen LogP contribution in [0.5, 0.6) is 0 Å². The minimum atomic E-state index is -0.906. The molecule has 0 amide bonds. The zero-order chi connectivity index (χ0) is 13.8. The van der Waals surface area contributed by atoms with Crippen molar-refractivity contribution in [2.75, 3.05) is 5.32 Å². The molecule has 2 rings (SSSR count). The molecular weight excluding hydrogens is 330 g/mol. The maximum Gasteiger partial charge on any atom is 0.309 e. The van der Waals surface area contributed by atoms with Crippen molar-refractivity contribution in [1.82, 2.24) is 4.98 Å². The fourth-order valence-electron chi connectivity index (χ4n) is 1.40. The molecule has 96 valence electrons. The Kier molecular flexibility index (Phi) is 4.14. The van der Waals surface area contributed by atoms with Crippen LogP contribution in [-0.4, -0.2) is 16.1 Å². The first kappa shape index (κ1) is 13.5. The van der Waals surface area contributed by atoms with Gasteiger partial charge in [-0.3, -0.25) is 4.79 Å². The Morgan fingerprint density at radius 3 is 3.00 bits per heavy atom. The molecule has 0 saturated heterocycles. The highest BCUT2D eigenvalue weighted by Crippen LogP contribution is 2.28. The lowest BCUT2D eigenvalue weighted by molar-refractivity contribution is -0.136. The van der Waals surface area contributed by atoms with Crippen LogP contribution in [0.4, 0.5) is 10.8 Å². The van der Waals surface area contributed by atoms with Gasteiger partial charge in [0.15, 0.2) is 5.13 Å². The molecule has 0 unspecified atom stereocenters. The van der Waals surface area contributed by atoms with E-state index < -0.39 is 5.97 Å². The molecule has 0 fully saturated rings. The van der Waals surface area contributed by atoms with Gasteiger partial charge in [0, 0.05) is 9.85 Å². The van der Waals surface area contributed by atoms with Crippen LogP contribution >= 0.6 is 27.3 Å². The molecular formula is C12H8BrN3O2S. The number of benzene rings is 1. The van der Waals surface area contributed by atoms with Gasteiger partial charge in [0.05, 0.1) is 29.4 Å². The van der Waals surface area contributed by atoms with E-state index >= 15 is 0 Å². The summed E-state index contributed by atoms with van der Waals surface area (Å²) in [4.78, 5) is 14.7. The molecule has 19 heavy (non-hydrogen) atoms. The van der Waals surface area contributed by atoms with Gasteiger partial charge in [-0.1, -0.05) is 0 Å². The van der Waals surface area contributed by atoms with Gasteiger partial charge in [-0.25, -0.2) is 4.98 Å². The van der Waals surface area contributed by atoms with Gasteiger partial charge < -0.3 is 10.4 Å². The Bertz CT molecular complexity index is 663. The number of carboxylic acids is 1. The third-order valence-electron chi connectivity index (χ3n) is 2.22. The number of nitriles is 1. The molecule has 2 aromatic rings. The van der Waals surface area contributed by atoms with E-state index in [4.69, 9.17) is 10.4 Å². The van der Waals surface area contributed by atoms with E-state index in [1.54, 1.807) is 23.6 Å².